The lowest BCUT2D eigenvalue weighted by Crippen LogP contribution is -2.29. The van der Waals surface area contributed by atoms with E-state index in [-0.39, 0.29) is 11.8 Å². The van der Waals surface area contributed by atoms with Gasteiger partial charge in [-0.05, 0) is 44.2 Å². The molecule has 3 aliphatic rings. The van der Waals surface area contributed by atoms with Crippen molar-refractivity contribution in [1.82, 2.24) is 30.3 Å². The van der Waals surface area contributed by atoms with Gasteiger partial charge < -0.3 is 20.6 Å². The second kappa shape index (κ2) is 8.88. The molecule has 0 atom stereocenters. The van der Waals surface area contributed by atoms with Crippen LogP contribution in [-0.2, 0) is 4.79 Å². The number of nitrogens with zero attached hydrogens (tertiary/aromatic N) is 5. The number of H-pyrrole nitrogens is 1. The van der Waals surface area contributed by atoms with E-state index < -0.39 is 0 Å². The van der Waals surface area contributed by atoms with Crippen molar-refractivity contribution in [3.63, 3.8) is 0 Å². The average molecular weight is 494 g/mol. The van der Waals surface area contributed by atoms with Gasteiger partial charge in [-0.1, -0.05) is 0 Å². The maximum Gasteiger partial charge on any atom is 0.227 e. The minimum Gasteiger partial charge on any atom is -0.368 e. The minimum atomic E-state index is 0.0566. The predicted octanol–water partition coefficient (Wildman–Crippen LogP) is 4.07. The molecule has 0 bridgehead atoms. The number of hydrogen-bond acceptors (Lipinski definition) is 8. The Balaban J connectivity index is 1.23. The average Bonchev–Trinajstić information content (AvgIpc) is 3.71. The number of nitrogens with one attached hydrogen (secondary N) is 4. The summed E-state index contributed by atoms with van der Waals surface area (Å²) in [6.45, 7) is 2.06. The van der Waals surface area contributed by atoms with Crippen molar-refractivity contribution in [2.45, 2.75) is 32.1 Å². The summed E-state index contributed by atoms with van der Waals surface area (Å²) >= 11 is 0. The molecule has 186 valence electrons. The molecule has 10 nitrogen and oxygen atoms in total. The molecule has 2 aliphatic heterocycles. The highest BCUT2D eigenvalue weighted by molar-refractivity contribution is 5.95. The summed E-state index contributed by atoms with van der Waals surface area (Å²) in [7, 11) is 0. The zero-order valence-electron chi connectivity index (χ0n) is 20.3. The molecular weight excluding hydrogens is 466 g/mol. The monoisotopic (exact) mass is 493 g/mol. The Hall–Kier alpha value is -4.47. The Morgan fingerprint density at radius 1 is 1.00 bits per heavy atom. The summed E-state index contributed by atoms with van der Waals surface area (Å²) in [5, 5.41) is 2.97. The maximum atomic E-state index is 12.2. The Labute approximate surface area is 213 Å². The van der Waals surface area contributed by atoms with Gasteiger partial charge in [-0.2, -0.15) is 0 Å². The van der Waals surface area contributed by atoms with Crippen LogP contribution < -0.4 is 21.1 Å². The molecular formula is C27H27N9O. The summed E-state index contributed by atoms with van der Waals surface area (Å²) in [6.07, 6.45) is 16.5. The molecule has 4 aromatic rings. The highest BCUT2D eigenvalue weighted by atomic mass is 16.2. The number of hydrazine groups is 1. The molecule has 1 saturated carbocycles. The third-order valence-corrected chi connectivity index (χ3v) is 7.19. The van der Waals surface area contributed by atoms with Crippen LogP contribution in [0, 0.1) is 5.92 Å². The number of hydrogen-bond donors (Lipinski definition) is 4. The zero-order chi connectivity index (χ0) is 24.8. The van der Waals surface area contributed by atoms with Crippen LogP contribution in [0.5, 0.6) is 0 Å². The Morgan fingerprint density at radius 2 is 1.86 bits per heavy atom. The highest BCUT2D eigenvalue weighted by Gasteiger charge is 2.29. The summed E-state index contributed by atoms with van der Waals surface area (Å²) in [6, 6.07) is 3.94. The molecule has 1 amide bonds. The largest absolute Gasteiger partial charge is 0.368 e. The van der Waals surface area contributed by atoms with E-state index in [0.717, 1.165) is 76.6 Å². The van der Waals surface area contributed by atoms with E-state index in [1.165, 1.54) is 19.3 Å². The fourth-order valence-corrected chi connectivity index (χ4v) is 5.05. The van der Waals surface area contributed by atoms with Crippen LogP contribution in [-0.4, -0.2) is 43.9 Å². The van der Waals surface area contributed by atoms with Crippen LogP contribution in [0.4, 0.5) is 17.1 Å². The summed E-state index contributed by atoms with van der Waals surface area (Å²) in [5.74, 6) is 0.949. The Morgan fingerprint density at radius 3 is 2.73 bits per heavy atom. The lowest BCUT2D eigenvalue weighted by atomic mass is 10.0. The maximum absolute atomic E-state index is 12.2. The van der Waals surface area contributed by atoms with E-state index in [1.54, 1.807) is 18.6 Å². The number of aromatic amines is 1. The zero-order valence-corrected chi connectivity index (χ0v) is 20.3. The molecule has 7 rings (SSSR count). The van der Waals surface area contributed by atoms with Crippen LogP contribution in [0.1, 0.15) is 43.5 Å². The van der Waals surface area contributed by atoms with Gasteiger partial charge in [0.2, 0.25) is 5.91 Å². The molecule has 4 N–H and O–H groups in total. The summed E-state index contributed by atoms with van der Waals surface area (Å²) < 4.78 is 0. The standard InChI is InChI=1S/C27H27N9O/c37-27(16-4-5-16)32-18-8-17(10-28-11-18)21-9-19-20(12-31-35-22(19)14-30-21)26-33-23-13-29-15-24(25(23)34-26)36-6-2-1-3-7-36/h8-16,31,35H,1-7H2,(H,32,37)(H,33,34). The second-order valence-electron chi connectivity index (χ2n) is 9.86. The number of imidazole rings is 1. The smallest absolute Gasteiger partial charge is 0.227 e. The van der Waals surface area contributed by atoms with Crippen LogP contribution in [0.3, 0.4) is 0 Å². The number of carbonyl (C=O) groups is 1. The molecule has 4 aromatic heterocycles. The van der Waals surface area contributed by atoms with E-state index in [4.69, 9.17) is 4.98 Å². The van der Waals surface area contributed by atoms with E-state index in [0.29, 0.717) is 5.69 Å². The van der Waals surface area contributed by atoms with Crippen molar-refractivity contribution in [1.29, 1.82) is 0 Å². The first-order chi connectivity index (χ1) is 18.2. The van der Waals surface area contributed by atoms with Crippen LogP contribution in [0.2, 0.25) is 0 Å². The number of fused-ring (bicyclic) bond motifs is 2. The van der Waals surface area contributed by atoms with Gasteiger partial charge in [-0.3, -0.25) is 25.2 Å². The second-order valence-corrected chi connectivity index (χ2v) is 9.86. The molecule has 0 radical (unpaired) electrons. The fraction of sp³-hybridized carbons (Fsp3) is 0.296. The first kappa shape index (κ1) is 21.8. The van der Waals surface area contributed by atoms with Gasteiger partial charge in [-0.25, -0.2) is 4.98 Å². The minimum absolute atomic E-state index is 0.0566. The van der Waals surface area contributed by atoms with Gasteiger partial charge in [-0.15, -0.1) is 0 Å². The number of piperidine rings is 1. The number of carbonyl (C=O) groups excluding carboxylic acids is 1. The third kappa shape index (κ3) is 4.14. The number of aromatic nitrogens is 5. The van der Waals surface area contributed by atoms with Gasteiger partial charge in [0, 0.05) is 48.1 Å². The van der Waals surface area contributed by atoms with Gasteiger partial charge in [0.05, 0.1) is 53.1 Å². The molecule has 1 aliphatic carbocycles. The lowest BCUT2D eigenvalue weighted by molar-refractivity contribution is -0.117. The first-order valence-corrected chi connectivity index (χ1v) is 12.8. The van der Waals surface area contributed by atoms with E-state index in [1.807, 2.05) is 30.7 Å². The van der Waals surface area contributed by atoms with Crippen molar-refractivity contribution >= 4 is 39.6 Å². The SMILES string of the molecule is O=C(Nc1cncc(-c2cc3c(cn2)NNC=C3c2nc3c(N4CCCCC4)cncc3[nH]2)c1)C1CC1. The Bertz CT molecular complexity index is 1530. The third-order valence-electron chi connectivity index (χ3n) is 7.19. The van der Waals surface area contributed by atoms with Crippen molar-refractivity contribution < 1.29 is 4.79 Å². The van der Waals surface area contributed by atoms with Gasteiger partial charge in [0.25, 0.3) is 0 Å². The van der Waals surface area contributed by atoms with Crippen LogP contribution >= 0.6 is 0 Å². The van der Waals surface area contributed by atoms with Gasteiger partial charge >= 0.3 is 0 Å². The number of rotatable bonds is 5. The lowest BCUT2D eigenvalue weighted by Gasteiger charge is -2.28. The molecule has 37 heavy (non-hydrogen) atoms. The number of amides is 1. The fourth-order valence-electron chi connectivity index (χ4n) is 5.05. The van der Waals surface area contributed by atoms with E-state index >= 15 is 0 Å². The van der Waals surface area contributed by atoms with Crippen molar-refractivity contribution in [2.24, 2.45) is 5.92 Å². The predicted molar refractivity (Wildman–Crippen MR) is 143 cm³/mol. The van der Waals surface area contributed by atoms with Crippen molar-refractivity contribution in [3.8, 4) is 11.3 Å². The quantitative estimate of drug-likeness (QED) is 0.328. The van der Waals surface area contributed by atoms with E-state index in [9.17, 15) is 4.79 Å². The molecule has 1 saturated heterocycles. The van der Waals surface area contributed by atoms with Crippen LogP contribution in [0.15, 0.2) is 49.3 Å². The van der Waals surface area contributed by atoms with E-state index in [2.05, 4.69) is 41.0 Å². The first-order valence-electron chi connectivity index (χ1n) is 12.8. The number of pyridine rings is 3. The van der Waals surface area contributed by atoms with Gasteiger partial charge in [0.1, 0.15) is 11.3 Å². The molecule has 0 spiro atoms. The van der Waals surface area contributed by atoms with Crippen LogP contribution in [0.25, 0.3) is 27.9 Å². The molecule has 10 heteroatoms. The van der Waals surface area contributed by atoms with Crippen molar-refractivity contribution in [3.05, 3.63) is 60.7 Å². The molecule has 6 heterocycles. The van der Waals surface area contributed by atoms with Crippen molar-refractivity contribution in [2.75, 3.05) is 28.7 Å². The summed E-state index contributed by atoms with van der Waals surface area (Å²) in [4.78, 5) is 36.6. The summed E-state index contributed by atoms with van der Waals surface area (Å²) in [5.41, 5.74) is 14.2. The molecule has 0 aromatic carbocycles. The molecule has 2 fully saturated rings. The van der Waals surface area contributed by atoms with Gasteiger partial charge in [0.15, 0.2) is 0 Å². The number of anilines is 3. The molecule has 0 unspecified atom stereocenters. The highest BCUT2D eigenvalue weighted by Crippen LogP contribution is 2.35. The Kier molecular flexibility index (Phi) is 5.23. The topological polar surface area (TPSA) is 124 Å². The normalized spacial score (nSPS) is 17.0.